The molecule has 1 unspecified atom stereocenters. The Morgan fingerprint density at radius 3 is 3.00 bits per heavy atom. The number of aromatic nitrogens is 2. The second-order valence-electron chi connectivity index (χ2n) is 4.96. The third-order valence-electron chi connectivity index (χ3n) is 3.42. The fourth-order valence-corrected chi connectivity index (χ4v) is 2.86. The topological polar surface area (TPSA) is 84.4 Å². The lowest BCUT2D eigenvalue weighted by atomic mass is 10.1. The Bertz CT molecular complexity index is 505. The van der Waals surface area contributed by atoms with E-state index in [9.17, 15) is 9.59 Å². The number of methoxy groups -OCH3 is 1. The molecule has 0 bridgehead atoms. The van der Waals surface area contributed by atoms with Gasteiger partial charge in [0, 0.05) is 33.0 Å². The summed E-state index contributed by atoms with van der Waals surface area (Å²) in [5, 5.41) is 11.8. The third kappa shape index (κ3) is 4.47. The number of hydrogen-bond donors (Lipinski definition) is 1. The number of rotatable bonds is 6. The lowest BCUT2D eigenvalue weighted by Gasteiger charge is -2.26. The average molecular weight is 312 g/mol. The molecule has 1 fully saturated rings. The summed E-state index contributed by atoms with van der Waals surface area (Å²) in [4.78, 5) is 25.3. The standard InChI is InChI=1S/C13H20N4O3S/c1-9(20-2)12-15-16-13(21-12)14-10(18)6-8-17-7-4-3-5-11(17)19/h9H,3-8H2,1-2H3,(H,14,16,18). The van der Waals surface area contributed by atoms with Crippen LogP contribution >= 0.6 is 11.3 Å². The van der Waals surface area contributed by atoms with Gasteiger partial charge >= 0.3 is 0 Å². The molecule has 2 heterocycles. The van der Waals surface area contributed by atoms with Crippen molar-refractivity contribution in [1.29, 1.82) is 0 Å². The van der Waals surface area contributed by atoms with Crippen LogP contribution in [0, 0.1) is 0 Å². The maximum absolute atomic E-state index is 11.9. The molecule has 8 heteroatoms. The van der Waals surface area contributed by atoms with Crippen molar-refractivity contribution in [2.45, 2.75) is 38.7 Å². The Morgan fingerprint density at radius 1 is 1.48 bits per heavy atom. The van der Waals surface area contributed by atoms with Gasteiger partial charge in [-0.1, -0.05) is 11.3 Å². The summed E-state index contributed by atoms with van der Waals surface area (Å²) >= 11 is 1.30. The maximum atomic E-state index is 11.9. The van der Waals surface area contributed by atoms with Gasteiger partial charge in [-0.25, -0.2) is 0 Å². The molecule has 1 aliphatic heterocycles. The highest BCUT2D eigenvalue weighted by atomic mass is 32.1. The number of carbonyl (C=O) groups excluding carboxylic acids is 2. The summed E-state index contributed by atoms with van der Waals surface area (Å²) in [5.41, 5.74) is 0. The highest BCUT2D eigenvalue weighted by Crippen LogP contribution is 2.23. The fourth-order valence-electron chi connectivity index (χ4n) is 2.07. The minimum Gasteiger partial charge on any atom is -0.374 e. The number of carbonyl (C=O) groups is 2. The zero-order valence-corrected chi connectivity index (χ0v) is 13.1. The Hall–Kier alpha value is -1.54. The van der Waals surface area contributed by atoms with E-state index in [1.807, 2.05) is 6.92 Å². The molecule has 1 saturated heterocycles. The van der Waals surface area contributed by atoms with Gasteiger partial charge in [0.2, 0.25) is 16.9 Å². The van der Waals surface area contributed by atoms with Crippen LogP contribution in [-0.2, 0) is 14.3 Å². The quantitative estimate of drug-likeness (QED) is 0.862. The van der Waals surface area contributed by atoms with Crippen LogP contribution in [0.15, 0.2) is 0 Å². The van der Waals surface area contributed by atoms with E-state index in [0.717, 1.165) is 24.4 Å². The first-order valence-corrected chi connectivity index (χ1v) is 7.85. The molecule has 0 spiro atoms. The number of ether oxygens (including phenoxy) is 1. The zero-order valence-electron chi connectivity index (χ0n) is 12.3. The van der Waals surface area contributed by atoms with E-state index in [1.54, 1.807) is 12.0 Å². The Labute approximate surface area is 127 Å². The van der Waals surface area contributed by atoms with Crippen molar-refractivity contribution in [2.24, 2.45) is 0 Å². The number of nitrogens with zero attached hydrogens (tertiary/aromatic N) is 3. The minimum absolute atomic E-state index is 0.140. The first kappa shape index (κ1) is 15.8. The van der Waals surface area contributed by atoms with Gasteiger partial charge in [-0.2, -0.15) is 0 Å². The van der Waals surface area contributed by atoms with E-state index >= 15 is 0 Å². The van der Waals surface area contributed by atoms with Crippen LogP contribution in [0.4, 0.5) is 5.13 Å². The van der Waals surface area contributed by atoms with Crippen molar-refractivity contribution in [3.63, 3.8) is 0 Å². The first-order valence-electron chi connectivity index (χ1n) is 7.04. The van der Waals surface area contributed by atoms with E-state index in [-0.39, 0.29) is 24.3 Å². The SMILES string of the molecule is COC(C)c1nnc(NC(=O)CCN2CCCCC2=O)s1. The molecule has 1 N–H and O–H groups in total. The predicted octanol–water partition coefficient (Wildman–Crippen LogP) is 1.59. The molecule has 0 radical (unpaired) electrons. The Balaban J connectivity index is 1.79. The highest BCUT2D eigenvalue weighted by molar-refractivity contribution is 7.15. The number of piperidine rings is 1. The monoisotopic (exact) mass is 312 g/mol. The molecular weight excluding hydrogens is 292 g/mol. The van der Waals surface area contributed by atoms with Crippen LogP contribution in [0.1, 0.15) is 43.7 Å². The number of nitrogens with one attached hydrogen (secondary N) is 1. The van der Waals surface area contributed by atoms with Gasteiger partial charge in [0.05, 0.1) is 0 Å². The number of anilines is 1. The Morgan fingerprint density at radius 2 is 2.29 bits per heavy atom. The molecular formula is C13H20N4O3S. The van der Waals surface area contributed by atoms with Gasteiger partial charge in [-0.15, -0.1) is 10.2 Å². The van der Waals surface area contributed by atoms with Crippen LogP contribution in [-0.4, -0.2) is 47.1 Å². The summed E-state index contributed by atoms with van der Waals surface area (Å²) in [6, 6.07) is 0. The van der Waals surface area contributed by atoms with Crippen molar-refractivity contribution in [2.75, 3.05) is 25.5 Å². The van der Waals surface area contributed by atoms with Crippen molar-refractivity contribution >= 4 is 28.3 Å². The van der Waals surface area contributed by atoms with Gasteiger partial charge in [0.25, 0.3) is 0 Å². The molecule has 2 amide bonds. The lowest BCUT2D eigenvalue weighted by molar-refractivity contribution is -0.133. The van der Waals surface area contributed by atoms with Crippen molar-refractivity contribution in [3.05, 3.63) is 5.01 Å². The van der Waals surface area contributed by atoms with Crippen molar-refractivity contribution in [3.8, 4) is 0 Å². The van der Waals surface area contributed by atoms with E-state index in [2.05, 4.69) is 15.5 Å². The highest BCUT2D eigenvalue weighted by Gasteiger charge is 2.19. The summed E-state index contributed by atoms with van der Waals surface area (Å²) in [5.74, 6) is -0.0117. The smallest absolute Gasteiger partial charge is 0.227 e. The first-order chi connectivity index (χ1) is 10.1. The molecule has 1 aromatic rings. The summed E-state index contributed by atoms with van der Waals surface area (Å²) in [6.07, 6.45) is 2.70. The number of likely N-dealkylation sites (tertiary alicyclic amines) is 1. The Kier molecular flexibility index (Phi) is 5.63. The molecule has 0 aliphatic carbocycles. The van der Waals surface area contributed by atoms with Gasteiger partial charge in [-0.3, -0.25) is 9.59 Å². The zero-order chi connectivity index (χ0) is 15.2. The summed E-state index contributed by atoms with van der Waals surface area (Å²) in [7, 11) is 1.60. The van der Waals surface area contributed by atoms with Gasteiger partial charge in [-0.05, 0) is 19.8 Å². The second-order valence-corrected chi connectivity index (χ2v) is 5.97. The fraction of sp³-hybridized carbons (Fsp3) is 0.692. The molecule has 7 nitrogen and oxygen atoms in total. The molecule has 116 valence electrons. The van der Waals surface area contributed by atoms with E-state index < -0.39 is 0 Å². The van der Waals surface area contributed by atoms with Gasteiger partial charge in [0.15, 0.2) is 0 Å². The summed E-state index contributed by atoms with van der Waals surface area (Å²) in [6.45, 7) is 3.08. The van der Waals surface area contributed by atoms with E-state index in [0.29, 0.717) is 18.1 Å². The van der Waals surface area contributed by atoms with Crippen molar-refractivity contribution < 1.29 is 14.3 Å². The number of amides is 2. The maximum Gasteiger partial charge on any atom is 0.227 e. The minimum atomic E-state index is -0.152. The van der Waals surface area contributed by atoms with Crippen LogP contribution in [0.5, 0.6) is 0 Å². The second kappa shape index (κ2) is 7.46. The van der Waals surface area contributed by atoms with E-state index in [4.69, 9.17) is 4.74 Å². The third-order valence-corrected chi connectivity index (χ3v) is 4.42. The molecule has 2 rings (SSSR count). The molecule has 1 atom stereocenters. The van der Waals surface area contributed by atoms with Gasteiger partial charge in [0.1, 0.15) is 11.1 Å². The average Bonchev–Trinajstić information content (AvgIpc) is 2.94. The molecule has 21 heavy (non-hydrogen) atoms. The largest absolute Gasteiger partial charge is 0.374 e. The van der Waals surface area contributed by atoms with Crippen molar-refractivity contribution in [1.82, 2.24) is 15.1 Å². The predicted molar refractivity (Wildman–Crippen MR) is 79.0 cm³/mol. The van der Waals surface area contributed by atoms with Gasteiger partial charge < -0.3 is 15.0 Å². The van der Waals surface area contributed by atoms with Crippen LogP contribution in [0.3, 0.4) is 0 Å². The lowest BCUT2D eigenvalue weighted by Crippen LogP contribution is -2.37. The molecule has 1 aliphatic rings. The molecule has 1 aromatic heterocycles. The number of hydrogen-bond acceptors (Lipinski definition) is 6. The van der Waals surface area contributed by atoms with Crippen LogP contribution in [0.25, 0.3) is 0 Å². The summed E-state index contributed by atoms with van der Waals surface area (Å²) < 4.78 is 5.14. The van der Waals surface area contributed by atoms with E-state index in [1.165, 1.54) is 11.3 Å². The molecule has 0 aromatic carbocycles. The molecule has 0 saturated carbocycles. The van der Waals surface area contributed by atoms with Crippen LogP contribution < -0.4 is 5.32 Å². The van der Waals surface area contributed by atoms with Crippen LogP contribution in [0.2, 0.25) is 0 Å². The normalized spacial score (nSPS) is 16.9.